The minimum absolute atomic E-state index is 0.782. The molecule has 16 heavy (non-hydrogen) atoms. The van der Waals surface area contributed by atoms with Gasteiger partial charge in [-0.15, -0.1) is 5.10 Å². The Balaban J connectivity index is 2.13. The molecule has 0 amide bonds. The van der Waals surface area contributed by atoms with E-state index < -0.39 is 0 Å². The fourth-order valence-electron chi connectivity index (χ4n) is 1.61. The van der Waals surface area contributed by atoms with Gasteiger partial charge in [0.1, 0.15) is 0 Å². The van der Waals surface area contributed by atoms with Gasteiger partial charge in [0.05, 0.1) is 18.4 Å². The molecule has 4 heteroatoms. The molecule has 1 heterocycles. The smallest absolute Gasteiger partial charge is 0.0738 e. The molecule has 0 fully saturated rings. The molecular formula is C12H16N4. The van der Waals surface area contributed by atoms with E-state index in [-0.39, 0.29) is 0 Å². The molecule has 0 saturated carbocycles. The molecule has 84 valence electrons. The maximum Gasteiger partial charge on any atom is 0.0738 e. The van der Waals surface area contributed by atoms with E-state index in [1.807, 2.05) is 43.2 Å². The molecule has 0 N–H and O–H groups in total. The molecule has 4 nitrogen and oxygen atoms in total. The van der Waals surface area contributed by atoms with Gasteiger partial charge >= 0.3 is 0 Å². The van der Waals surface area contributed by atoms with E-state index in [1.54, 1.807) is 0 Å². The van der Waals surface area contributed by atoms with Crippen LogP contribution in [0.25, 0.3) is 0 Å². The molecule has 0 spiro atoms. The largest absolute Gasteiger partial charge is 0.304 e. The summed E-state index contributed by atoms with van der Waals surface area (Å²) < 4.78 is 1.94. The zero-order valence-corrected chi connectivity index (χ0v) is 9.67. The third kappa shape index (κ3) is 2.67. The molecule has 0 aliphatic heterocycles. The zero-order chi connectivity index (χ0) is 11.4. The van der Waals surface area contributed by atoms with E-state index in [1.165, 1.54) is 5.56 Å². The Morgan fingerprint density at radius 1 is 1.19 bits per heavy atom. The van der Waals surface area contributed by atoms with Crippen LogP contribution in [0.15, 0.2) is 36.5 Å². The lowest BCUT2D eigenvalue weighted by Gasteiger charge is -2.10. The summed E-state index contributed by atoms with van der Waals surface area (Å²) in [5.41, 5.74) is 2.38. The van der Waals surface area contributed by atoms with E-state index in [0.29, 0.717) is 0 Å². The molecule has 0 radical (unpaired) electrons. The maximum absolute atomic E-state index is 4.10. The number of nitrogens with zero attached hydrogens (tertiary/aromatic N) is 4. The van der Waals surface area contributed by atoms with Gasteiger partial charge < -0.3 is 4.90 Å². The van der Waals surface area contributed by atoms with Crippen LogP contribution in [0.1, 0.15) is 11.3 Å². The molecule has 0 unspecified atom stereocenters. The molecule has 0 aliphatic rings. The van der Waals surface area contributed by atoms with Crippen molar-refractivity contribution < 1.29 is 0 Å². The molecule has 0 aliphatic carbocycles. The highest BCUT2D eigenvalue weighted by Crippen LogP contribution is 2.05. The van der Waals surface area contributed by atoms with Crippen LogP contribution in [0.4, 0.5) is 0 Å². The highest BCUT2D eigenvalue weighted by atomic mass is 15.4. The highest BCUT2D eigenvalue weighted by Gasteiger charge is 2.05. The van der Waals surface area contributed by atoms with Gasteiger partial charge in [-0.3, -0.25) is 0 Å². The molecule has 2 aromatic rings. The molecule has 0 bridgehead atoms. The van der Waals surface area contributed by atoms with Crippen LogP contribution < -0.4 is 0 Å². The number of benzene rings is 1. The summed E-state index contributed by atoms with van der Waals surface area (Å²) in [6.45, 7) is 1.64. The first-order valence-electron chi connectivity index (χ1n) is 5.32. The summed E-state index contributed by atoms with van der Waals surface area (Å²) >= 11 is 0. The van der Waals surface area contributed by atoms with Crippen LogP contribution in [-0.4, -0.2) is 34.0 Å². The van der Waals surface area contributed by atoms with Crippen molar-refractivity contribution in [2.24, 2.45) is 0 Å². The Morgan fingerprint density at radius 2 is 1.94 bits per heavy atom. The van der Waals surface area contributed by atoms with Gasteiger partial charge in [-0.05, 0) is 19.7 Å². The van der Waals surface area contributed by atoms with Crippen LogP contribution in [0.2, 0.25) is 0 Å². The van der Waals surface area contributed by atoms with Crippen LogP contribution in [0, 0.1) is 0 Å². The third-order valence-corrected chi connectivity index (χ3v) is 2.35. The average molecular weight is 216 g/mol. The Bertz CT molecular complexity index is 433. The first kappa shape index (κ1) is 10.8. The van der Waals surface area contributed by atoms with Gasteiger partial charge in [0.2, 0.25) is 0 Å². The van der Waals surface area contributed by atoms with Gasteiger partial charge in [-0.2, -0.15) is 0 Å². The lowest BCUT2D eigenvalue weighted by atomic mass is 10.2. The van der Waals surface area contributed by atoms with E-state index in [0.717, 1.165) is 18.8 Å². The maximum atomic E-state index is 4.10. The summed E-state index contributed by atoms with van der Waals surface area (Å²) in [4.78, 5) is 2.11. The summed E-state index contributed by atoms with van der Waals surface area (Å²) in [5, 5.41) is 8.06. The highest BCUT2D eigenvalue weighted by molar-refractivity contribution is 5.15. The standard InChI is InChI=1S/C12H16N4/c1-15(2)10-12-8-13-14-16(12)9-11-6-4-3-5-7-11/h3-8H,9-10H2,1-2H3. The summed E-state index contributed by atoms with van der Waals surface area (Å²) in [5.74, 6) is 0. The molecule has 0 atom stereocenters. The lowest BCUT2D eigenvalue weighted by Crippen LogP contribution is -2.15. The second kappa shape index (κ2) is 4.90. The molecule has 1 aromatic heterocycles. The summed E-state index contributed by atoms with van der Waals surface area (Å²) in [6, 6.07) is 10.3. The Morgan fingerprint density at radius 3 is 2.62 bits per heavy atom. The van der Waals surface area contributed by atoms with Crippen LogP contribution in [0.3, 0.4) is 0 Å². The van der Waals surface area contributed by atoms with Crippen molar-refractivity contribution >= 4 is 0 Å². The normalized spacial score (nSPS) is 10.9. The van der Waals surface area contributed by atoms with Crippen molar-refractivity contribution in [3.05, 3.63) is 47.8 Å². The minimum atomic E-state index is 0.782. The number of aromatic nitrogens is 3. The lowest BCUT2D eigenvalue weighted by molar-refractivity contribution is 0.384. The predicted molar refractivity (Wildman–Crippen MR) is 63.0 cm³/mol. The van der Waals surface area contributed by atoms with Gasteiger partial charge in [-0.1, -0.05) is 35.5 Å². The van der Waals surface area contributed by atoms with Crippen LogP contribution in [0.5, 0.6) is 0 Å². The number of rotatable bonds is 4. The molecule has 0 saturated heterocycles. The second-order valence-corrected chi connectivity index (χ2v) is 4.11. The van der Waals surface area contributed by atoms with E-state index >= 15 is 0 Å². The van der Waals surface area contributed by atoms with Crippen molar-refractivity contribution in [3.63, 3.8) is 0 Å². The molecule has 1 aromatic carbocycles. The average Bonchev–Trinajstić information content (AvgIpc) is 2.66. The monoisotopic (exact) mass is 216 g/mol. The fourth-order valence-corrected chi connectivity index (χ4v) is 1.61. The van der Waals surface area contributed by atoms with Gasteiger partial charge in [0.25, 0.3) is 0 Å². The van der Waals surface area contributed by atoms with E-state index in [9.17, 15) is 0 Å². The first-order valence-corrected chi connectivity index (χ1v) is 5.32. The van der Waals surface area contributed by atoms with Crippen molar-refractivity contribution in [1.82, 2.24) is 19.9 Å². The Hall–Kier alpha value is -1.68. The Labute approximate surface area is 95.5 Å². The fraction of sp³-hybridized carbons (Fsp3) is 0.333. The Kier molecular flexibility index (Phi) is 3.31. The predicted octanol–water partition coefficient (Wildman–Crippen LogP) is 1.39. The zero-order valence-electron chi connectivity index (χ0n) is 9.67. The molecular weight excluding hydrogens is 200 g/mol. The molecule has 2 rings (SSSR count). The van der Waals surface area contributed by atoms with Gasteiger partial charge in [-0.25, -0.2) is 4.68 Å². The van der Waals surface area contributed by atoms with Gasteiger partial charge in [0.15, 0.2) is 0 Å². The van der Waals surface area contributed by atoms with Crippen LogP contribution in [-0.2, 0) is 13.1 Å². The number of hydrogen-bond donors (Lipinski definition) is 0. The third-order valence-electron chi connectivity index (χ3n) is 2.35. The van der Waals surface area contributed by atoms with Crippen LogP contribution >= 0.6 is 0 Å². The van der Waals surface area contributed by atoms with Crippen molar-refractivity contribution in [2.45, 2.75) is 13.1 Å². The van der Waals surface area contributed by atoms with Crippen molar-refractivity contribution in [1.29, 1.82) is 0 Å². The minimum Gasteiger partial charge on any atom is -0.304 e. The second-order valence-electron chi connectivity index (χ2n) is 4.11. The summed E-state index contributed by atoms with van der Waals surface area (Å²) in [7, 11) is 4.08. The quantitative estimate of drug-likeness (QED) is 0.774. The summed E-state index contributed by atoms with van der Waals surface area (Å²) in [6.07, 6.45) is 1.82. The van der Waals surface area contributed by atoms with Crippen molar-refractivity contribution in [2.75, 3.05) is 14.1 Å². The van der Waals surface area contributed by atoms with E-state index in [4.69, 9.17) is 0 Å². The SMILES string of the molecule is CN(C)Cc1cnnn1Cc1ccccc1. The first-order chi connectivity index (χ1) is 7.75. The van der Waals surface area contributed by atoms with Crippen molar-refractivity contribution in [3.8, 4) is 0 Å². The topological polar surface area (TPSA) is 34.0 Å². The van der Waals surface area contributed by atoms with Gasteiger partial charge in [0, 0.05) is 6.54 Å². The van der Waals surface area contributed by atoms with E-state index in [2.05, 4.69) is 27.3 Å². The number of hydrogen-bond acceptors (Lipinski definition) is 3.